The van der Waals surface area contributed by atoms with E-state index in [9.17, 15) is 14.0 Å². The second kappa shape index (κ2) is 7.28. The Labute approximate surface area is 153 Å². The van der Waals surface area contributed by atoms with Gasteiger partial charge in [-0.15, -0.1) is 0 Å². The molecule has 3 rings (SSSR count). The van der Waals surface area contributed by atoms with Crippen LogP contribution in [0.2, 0.25) is 0 Å². The Bertz CT molecular complexity index is 789. The van der Waals surface area contributed by atoms with Crippen LogP contribution in [-0.2, 0) is 16.0 Å². The van der Waals surface area contributed by atoms with Gasteiger partial charge >= 0.3 is 0 Å². The number of hydrogen-bond donors (Lipinski definition) is 1. The van der Waals surface area contributed by atoms with Crippen LogP contribution in [0, 0.1) is 11.2 Å². The summed E-state index contributed by atoms with van der Waals surface area (Å²) in [7, 11) is 0. The second-order valence-corrected chi connectivity index (χ2v) is 7.06. The van der Waals surface area contributed by atoms with E-state index in [4.69, 9.17) is 0 Å². The van der Waals surface area contributed by atoms with E-state index < -0.39 is 5.41 Å². The summed E-state index contributed by atoms with van der Waals surface area (Å²) in [5.41, 5.74) is 0.421. The van der Waals surface area contributed by atoms with Crippen molar-refractivity contribution >= 4 is 17.5 Å². The lowest BCUT2D eigenvalue weighted by molar-refractivity contribution is -0.140. The van der Waals surface area contributed by atoms with Crippen molar-refractivity contribution in [2.45, 2.75) is 32.7 Å². The minimum absolute atomic E-state index is 0.0529. The van der Waals surface area contributed by atoms with E-state index >= 15 is 0 Å². The Morgan fingerprint density at radius 1 is 1.15 bits per heavy atom. The Balaban J connectivity index is 1.94. The summed E-state index contributed by atoms with van der Waals surface area (Å²) >= 11 is 0. The maximum atomic E-state index is 13.3. The first-order chi connectivity index (χ1) is 12.4. The zero-order valence-electron chi connectivity index (χ0n) is 15.0. The maximum absolute atomic E-state index is 13.3. The molecule has 26 heavy (non-hydrogen) atoms. The Morgan fingerprint density at radius 3 is 2.42 bits per heavy atom. The normalized spacial score (nSPS) is 19.8. The smallest absolute Gasteiger partial charge is 0.243 e. The van der Waals surface area contributed by atoms with Crippen molar-refractivity contribution in [2.75, 3.05) is 11.4 Å². The predicted octanol–water partition coefficient (Wildman–Crippen LogP) is 3.32. The van der Waals surface area contributed by atoms with Gasteiger partial charge in [-0.25, -0.2) is 4.39 Å². The van der Waals surface area contributed by atoms with Crippen molar-refractivity contribution in [3.8, 4) is 0 Å². The number of halogens is 1. The molecule has 0 spiro atoms. The van der Waals surface area contributed by atoms with Crippen molar-refractivity contribution in [3.05, 3.63) is 66.0 Å². The highest BCUT2D eigenvalue weighted by Gasteiger charge is 2.52. The largest absolute Gasteiger partial charge is 0.353 e. The fourth-order valence-corrected chi connectivity index (χ4v) is 3.44. The number of carbonyl (C=O) groups excluding carboxylic acids is 2. The average Bonchev–Trinajstić information content (AvgIpc) is 2.94. The molecule has 0 radical (unpaired) electrons. The molecule has 0 saturated carbocycles. The highest BCUT2D eigenvalue weighted by atomic mass is 19.1. The summed E-state index contributed by atoms with van der Waals surface area (Å²) in [4.78, 5) is 27.9. The van der Waals surface area contributed by atoms with Crippen LogP contribution in [-0.4, -0.2) is 24.4 Å². The lowest BCUT2D eigenvalue weighted by atomic mass is 9.79. The SMILES string of the molecule is CC(C)NC(=O)[C@]1(Cc2ccccc2)CCN(c2ccc(F)cc2)C1=O. The Hall–Kier alpha value is -2.69. The Kier molecular flexibility index (Phi) is 5.07. The molecule has 2 aromatic rings. The molecule has 0 aromatic heterocycles. The van der Waals surface area contributed by atoms with Gasteiger partial charge in [0.25, 0.3) is 0 Å². The van der Waals surface area contributed by atoms with Crippen molar-refractivity contribution < 1.29 is 14.0 Å². The molecule has 5 heteroatoms. The van der Waals surface area contributed by atoms with Crippen LogP contribution < -0.4 is 10.2 Å². The van der Waals surface area contributed by atoms with E-state index in [-0.39, 0.29) is 23.7 Å². The lowest BCUT2D eigenvalue weighted by Crippen LogP contribution is -2.50. The van der Waals surface area contributed by atoms with Gasteiger partial charge in [0.05, 0.1) is 0 Å². The van der Waals surface area contributed by atoms with Crippen LogP contribution in [0.3, 0.4) is 0 Å². The van der Waals surface area contributed by atoms with Gasteiger partial charge in [0, 0.05) is 18.3 Å². The molecule has 0 bridgehead atoms. The molecule has 1 N–H and O–H groups in total. The molecule has 1 aliphatic heterocycles. The van der Waals surface area contributed by atoms with Gasteiger partial charge < -0.3 is 10.2 Å². The fourth-order valence-electron chi connectivity index (χ4n) is 3.44. The van der Waals surface area contributed by atoms with E-state index in [0.717, 1.165) is 5.56 Å². The molecule has 2 aromatic carbocycles. The quantitative estimate of drug-likeness (QED) is 0.838. The number of amides is 2. The number of nitrogens with one attached hydrogen (secondary N) is 1. The minimum atomic E-state index is -1.14. The van der Waals surface area contributed by atoms with Gasteiger partial charge in [0.1, 0.15) is 11.2 Å². The first-order valence-corrected chi connectivity index (χ1v) is 8.85. The number of anilines is 1. The molecule has 1 fully saturated rings. The highest BCUT2D eigenvalue weighted by Crippen LogP contribution is 2.38. The second-order valence-electron chi connectivity index (χ2n) is 7.06. The zero-order valence-corrected chi connectivity index (χ0v) is 15.0. The van der Waals surface area contributed by atoms with E-state index in [1.807, 2.05) is 44.2 Å². The summed E-state index contributed by atoms with van der Waals surface area (Å²) in [5.74, 6) is -0.828. The van der Waals surface area contributed by atoms with Crippen LogP contribution in [0.5, 0.6) is 0 Å². The number of nitrogens with zero attached hydrogens (tertiary/aromatic N) is 1. The molecule has 1 saturated heterocycles. The third kappa shape index (κ3) is 3.47. The predicted molar refractivity (Wildman–Crippen MR) is 99.2 cm³/mol. The third-order valence-corrected chi connectivity index (χ3v) is 4.76. The van der Waals surface area contributed by atoms with E-state index in [0.29, 0.717) is 25.1 Å². The number of rotatable bonds is 5. The zero-order chi connectivity index (χ0) is 18.7. The molecule has 1 aliphatic rings. The van der Waals surface area contributed by atoms with E-state index in [1.165, 1.54) is 12.1 Å². The van der Waals surface area contributed by atoms with Crippen molar-refractivity contribution in [2.24, 2.45) is 5.41 Å². The first-order valence-electron chi connectivity index (χ1n) is 8.85. The van der Waals surface area contributed by atoms with Crippen molar-refractivity contribution in [1.82, 2.24) is 5.32 Å². The van der Waals surface area contributed by atoms with Crippen LogP contribution in [0.4, 0.5) is 10.1 Å². The van der Waals surface area contributed by atoms with Gasteiger partial charge in [-0.3, -0.25) is 9.59 Å². The monoisotopic (exact) mass is 354 g/mol. The van der Waals surface area contributed by atoms with Crippen molar-refractivity contribution in [1.29, 1.82) is 0 Å². The topological polar surface area (TPSA) is 49.4 Å². The highest BCUT2D eigenvalue weighted by molar-refractivity contribution is 6.13. The molecule has 0 unspecified atom stereocenters. The number of benzene rings is 2. The first kappa shape index (κ1) is 18.1. The summed E-state index contributed by atoms with van der Waals surface area (Å²) in [6, 6.07) is 15.3. The van der Waals surface area contributed by atoms with Crippen LogP contribution in [0.25, 0.3) is 0 Å². The maximum Gasteiger partial charge on any atom is 0.243 e. The number of carbonyl (C=O) groups is 2. The molecular formula is C21H23FN2O2. The fraction of sp³-hybridized carbons (Fsp3) is 0.333. The molecule has 0 aliphatic carbocycles. The standard InChI is InChI=1S/C21H23FN2O2/c1-15(2)23-19(25)21(14-16-6-4-3-5-7-16)12-13-24(20(21)26)18-10-8-17(22)9-11-18/h3-11,15H,12-14H2,1-2H3,(H,23,25)/t21-/m1/s1. The molecular weight excluding hydrogens is 331 g/mol. The molecule has 1 heterocycles. The number of hydrogen-bond acceptors (Lipinski definition) is 2. The average molecular weight is 354 g/mol. The lowest BCUT2D eigenvalue weighted by Gasteiger charge is -2.28. The van der Waals surface area contributed by atoms with Gasteiger partial charge in [0.2, 0.25) is 11.8 Å². The molecule has 2 amide bonds. The van der Waals surface area contributed by atoms with Gasteiger partial charge in [0.15, 0.2) is 0 Å². The summed E-state index contributed by atoms with van der Waals surface area (Å²) in [6.45, 7) is 4.19. The van der Waals surface area contributed by atoms with E-state index in [2.05, 4.69) is 5.32 Å². The van der Waals surface area contributed by atoms with Gasteiger partial charge in [-0.05, 0) is 56.5 Å². The van der Waals surface area contributed by atoms with Gasteiger partial charge in [-0.1, -0.05) is 30.3 Å². The summed E-state index contributed by atoms with van der Waals surface area (Å²) < 4.78 is 13.2. The van der Waals surface area contributed by atoms with Crippen molar-refractivity contribution in [3.63, 3.8) is 0 Å². The molecule has 1 atom stereocenters. The summed E-state index contributed by atoms with van der Waals surface area (Å²) in [5, 5.41) is 2.91. The Morgan fingerprint density at radius 2 is 1.81 bits per heavy atom. The van der Waals surface area contributed by atoms with Crippen LogP contribution in [0.1, 0.15) is 25.8 Å². The van der Waals surface area contributed by atoms with Crippen LogP contribution in [0.15, 0.2) is 54.6 Å². The van der Waals surface area contributed by atoms with Gasteiger partial charge in [-0.2, -0.15) is 0 Å². The van der Waals surface area contributed by atoms with Crippen LogP contribution >= 0.6 is 0 Å². The third-order valence-electron chi connectivity index (χ3n) is 4.76. The van der Waals surface area contributed by atoms with E-state index in [1.54, 1.807) is 17.0 Å². The minimum Gasteiger partial charge on any atom is -0.353 e. The summed E-state index contributed by atoms with van der Waals surface area (Å²) in [6.07, 6.45) is 0.777. The molecule has 136 valence electrons. The molecule has 4 nitrogen and oxygen atoms in total.